The van der Waals surface area contributed by atoms with Gasteiger partial charge in [0.05, 0.1) is 6.42 Å². The Morgan fingerprint density at radius 2 is 1.76 bits per heavy atom. The van der Waals surface area contributed by atoms with Crippen LogP contribution in [0.5, 0.6) is 0 Å². The number of amides is 1. The first kappa shape index (κ1) is 24.8. The zero-order valence-electron chi connectivity index (χ0n) is 21.7. The Morgan fingerprint density at radius 3 is 2.46 bits per heavy atom. The molecule has 1 aromatic heterocycles. The number of hydrogen-bond donors (Lipinski definition) is 2. The molecule has 0 atom stereocenters. The van der Waals surface area contributed by atoms with Gasteiger partial charge in [0.25, 0.3) is 5.91 Å². The molecule has 2 aromatic carbocycles. The van der Waals surface area contributed by atoms with Crippen molar-refractivity contribution in [2.45, 2.75) is 33.6 Å². The summed E-state index contributed by atoms with van der Waals surface area (Å²) in [6.45, 7) is 10.3. The zero-order chi connectivity index (χ0) is 26.1. The molecule has 5 rings (SSSR count). The molecule has 2 aliphatic heterocycles. The number of hydrazine groups is 1. The van der Waals surface area contributed by atoms with Crippen LogP contribution in [0.4, 0.5) is 17.2 Å². The third-order valence-electron chi connectivity index (χ3n) is 7.53. The summed E-state index contributed by atoms with van der Waals surface area (Å²) in [5.74, 6) is -0.305. The lowest BCUT2D eigenvalue weighted by molar-refractivity contribution is -0.136. The average Bonchev–Trinajstić information content (AvgIpc) is 3.32. The molecule has 37 heavy (non-hydrogen) atoms. The second kappa shape index (κ2) is 10.3. The van der Waals surface area contributed by atoms with E-state index in [2.05, 4.69) is 52.2 Å². The van der Waals surface area contributed by atoms with Gasteiger partial charge in [-0.05, 0) is 56.5 Å². The SMILES string of the molecule is Cc1ccc(N2CCc3c(N(CCC(=O)O)N4CCN(c5cccc(C)c5C)CC4)n[nH]c3C2=O)cc1. The fourth-order valence-electron chi connectivity index (χ4n) is 5.25. The highest BCUT2D eigenvalue weighted by molar-refractivity contribution is 6.07. The average molecular weight is 503 g/mol. The van der Waals surface area contributed by atoms with E-state index in [4.69, 9.17) is 0 Å². The predicted molar refractivity (Wildman–Crippen MR) is 144 cm³/mol. The summed E-state index contributed by atoms with van der Waals surface area (Å²) in [7, 11) is 0. The highest BCUT2D eigenvalue weighted by atomic mass is 16.4. The van der Waals surface area contributed by atoms with E-state index in [-0.39, 0.29) is 12.3 Å². The number of carbonyl (C=O) groups excluding carboxylic acids is 1. The third-order valence-corrected chi connectivity index (χ3v) is 7.53. The molecular formula is C28H34N6O3. The predicted octanol–water partition coefficient (Wildman–Crippen LogP) is 3.56. The van der Waals surface area contributed by atoms with Gasteiger partial charge in [-0.25, -0.2) is 5.01 Å². The first-order valence-electron chi connectivity index (χ1n) is 12.8. The molecular weight excluding hydrogens is 468 g/mol. The molecule has 3 aromatic rings. The molecule has 0 spiro atoms. The number of aliphatic carboxylic acids is 1. The van der Waals surface area contributed by atoms with Crippen LogP contribution in [0.3, 0.4) is 0 Å². The number of fused-ring (bicyclic) bond motifs is 1. The van der Waals surface area contributed by atoms with E-state index in [9.17, 15) is 14.7 Å². The summed E-state index contributed by atoms with van der Waals surface area (Å²) < 4.78 is 0. The van der Waals surface area contributed by atoms with E-state index in [0.717, 1.165) is 43.0 Å². The van der Waals surface area contributed by atoms with Crippen LogP contribution in [-0.4, -0.2) is 71.5 Å². The number of aromatic nitrogens is 2. The van der Waals surface area contributed by atoms with E-state index in [1.165, 1.54) is 16.8 Å². The number of carbonyl (C=O) groups is 2. The van der Waals surface area contributed by atoms with Gasteiger partial charge >= 0.3 is 5.97 Å². The van der Waals surface area contributed by atoms with Gasteiger partial charge in [0.1, 0.15) is 5.69 Å². The van der Waals surface area contributed by atoms with Crippen molar-refractivity contribution in [1.82, 2.24) is 15.2 Å². The van der Waals surface area contributed by atoms with Crippen molar-refractivity contribution >= 4 is 29.1 Å². The summed E-state index contributed by atoms with van der Waals surface area (Å²) in [4.78, 5) is 29.0. The number of carboxylic acids is 1. The fourth-order valence-corrected chi connectivity index (χ4v) is 5.25. The number of rotatable bonds is 7. The Labute approximate surface area is 217 Å². The minimum Gasteiger partial charge on any atom is -0.481 e. The van der Waals surface area contributed by atoms with Crippen LogP contribution in [0.2, 0.25) is 0 Å². The molecule has 0 saturated carbocycles. The number of aryl methyl sites for hydroxylation is 2. The molecule has 1 amide bonds. The number of carboxylic acid groups (broad SMARTS) is 1. The van der Waals surface area contributed by atoms with Crippen molar-refractivity contribution in [2.24, 2.45) is 0 Å². The Morgan fingerprint density at radius 1 is 1.03 bits per heavy atom. The summed E-state index contributed by atoms with van der Waals surface area (Å²) >= 11 is 0. The topological polar surface area (TPSA) is 96.0 Å². The third kappa shape index (κ3) is 4.91. The van der Waals surface area contributed by atoms with E-state index < -0.39 is 5.97 Å². The van der Waals surface area contributed by atoms with Crippen molar-refractivity contribution in [2.75, 3.05) is 54.1 Å². The van der Waals surface area contributed by atoms with Gasteiger partial charge in [0, 0.05) is 56.2 Å². The molecule has 0 radical (unpaired) electrons. The van der Waals surface area contributed by atoms with Gasteiger partial charge in [-0.2, -0.15) is 5.10 Å². The first-order valence-corrected chi connectivity index (χ1v) is 12.8. The molecule has 3 heterocycles. The second-order valence-corrected chi connectivity index (χ2v) is 9.87. The summed E-state index contributed by atoms with van der Waals surface area (Å²) in [6.07, 6.45) is 0.634. The van der Waals surface area contributed by atoms with E-state index >= 15 is 0 Å². The fraction of sp³-hybridized carbons (Fsp3) is 0.393. The number of anilines is 3. The quantitative estimate of drug-likeness (QED) is 0.510. The maximum atomic E-state index is 13.4. The molecule has 0 unspecified atom stereocenters. The standard InChI is InChI=1S/C28H34N6O3/c1-19-7-9-22(10-8-19)33-13-11-23-26(28(33)37)29-30-27(23)34(14-12-25(35)36)32-17-15-31(16-18-32)24-6-4-5-20(2)21(24)3/h4-10H,11-18H2,1-3H3,(H,29,30)(H,35,36). The van der Waals surface area contributed by atoms with E-state index in [1.54, 1.807) is 4.90 Å². The normalized spacial score (nSPS) is 16.1. The molecule has 0 aliphatic carbocycles. The van der Waals surface area contributed by atoms with Crippen LogP contribution in [-0.2, 0) is 11.2 Å². The first-order chi connectivity index (χ1) is 17.8. The lowest BCUT2D eigenvalue weighted by atomic mass is 10.0. The number of hydrogen-bond acceptors (Lipinski definition) is 6. The number of piperazine rings is 1. The molecule has 2 N–H and O–H groups in total. The molecule has 1 saturated heterocycles. The monoisotopic (exact) mass is 502 g/mol. The highest BCUT2D eigenvalue weighted by Crippen LogP contribution is 2.31. The number of benzene rings is 2. The van der Waals surface area contributed by atoms with Gasteiger partial charge in [-0.1, -0.05) is 29.8 Å². The van der Waals surface area contributed by atoms with E-state index in [0.29, 0.717) is 31.0 Å². The number of aromatic amines is 1. The van der Waals surface area contributed by atoms with Crippen LogP contribution in [0, 0.1) is 20.8 Å². The van der Waals surface area contributed by atoms with E-state index in [1.807, 2.05) is 36.2 Å². The molecule has 2 aliphatic rings. The smallest absolute Gasteiger partial charge is 0.305 e. The van der Waals surface area contributed by atoms with Crippen molar-refractivity contribution in [3.8, 4) is 0 Å². The van der Waals surface area contributed by atoms with Crippen LogP contribution in [0.1, 0.15) is 39.2 Å². The Bertz CT molecular complexity index is 1290. The number of nitrogens with zero attached hydrogens (tertiary/aromatic N) is 5. The van der Waals surface area contributed by atoms with Gasteiger partial charge in [-0.3, -0.25) is 19.7 Å². The van der Waals surface area contributed by atoms with Gasteiger partial charge in [-0.15, -0.1) is 0 Å². The Kier molecular flexibility index (Phi) is 6.88. The van der Waals surface area contributed by atoms with Crippen LogP contribution < -0.4 is 14.8 Å². The summed E-state index contributed by atoms with van der Waals surface area (Å²) in [5.41, 5.74) is 7.15. The summed E-state index contributed by atoms with van der Waals surface area (Å²) in [5, 5.41) is 21.1. The molecule has 9 nitrogen and oxygen atoms in total. The largest absolute Gasteiger partial charge is 0.481 e. The molecule has 9 heteroatoms. The van der Waals surface area contributed by atoms with Gasteiger partial charge < -0.3 is 14.9 Å². The molecule has 194 valence electrons. The summed E-state index contributed by atoms with van der Waals surface area (Å²) in [6, 6.07) is 14.3. The van der Waals surface area contributed by atoms with Crippen LogP contribution in [0.15, 0.2) is 42.5 Å². The van der Waals surface area contributed by atoms with Gasteiger partial charge in [0.2, 0.25) is 0 Å². The lowest BCUT2D eigenvalue weighted by Crippen LogP contribution is -2.55. The van der Waals surface area contributed by atoms with Crippen molar-refractivity contribution in [3.05, 3.63) is 70.4 Å². The molecule has 0 bridgehead atoms. The highest BCUT2D eigenvalue weighted by Gasteiger charge is 2.34. The Hall–Kier alpha value is -3.85. The van der Waals surface area contributed by atoms with Crippen molar-refractivity contribution in [3.63, 3.8) is 0 Å². The zero-order valence-corrected chi connectivity index (χ0v) is 21.7. The maximum Gasteiger partial charge on any atom is 0.305 e. The second-order valence-electron chi connectivity index (χ2n) is 9.87. The van der Waals surface area contributed by atoms with Crippen LogP contribution in [0.25, 0.3) is 0 Å². The van der Waals surface area contributed by atoms with Crippen molar-refractivity contribution < 1.29 is 14.7 Å². The number of H-pyrrole nitrogens is 1. The molecule has 1 fully saturated rings. The minimum absolute atomic E-state index is 0.0116. The Balaban J connectivity index is 1.36. The van der Waals surface area contributed by atoms with Crippen molar-refractivity contribution in [1.29, 1.82) is 0 Å². The maximum absolute atomic E-state index is 13.4. The number of nitrogens with one attached hydrogen (secondary N) is 1. The minimum atomic E-state index is -0.856. The van der Waals surface area contributed by atoms with Gasteiger partial charge in [0.15, 0.2) is 5.82 Å². The van der Waals surface area contributed by atoms with Crippen LogP contribution >= 0.6 is 0 Å². The lowest BCUT2D eigenvalue weighted by Gasteiger charge is -2.43.